The van der Waals surface area contributed by atoms with Crippen molar-refractivity contribution >= 4 is 5.69 Å². The molecular formula is C15H19N3O5. The average Bonchev–Trinajstić information content (AvgIpc) is 2.98. The first-order valence-corrected chi connectivity index (χ1v) is 7.26. The number of nitro groups is 1. The monoisotopic (exact) mass is 321 g/mol. The third kappa shape index (κ3) is 4.67. The van der Waals surface area contributed by atoms with Crippen LogP contribution < -0.4 is 9.47 Å². The van der Waals surface area contributed by atoms with Gasteiger partial charge >= 0.3 is 0 Å². The Morgan fingerprint density at radius 2 is 2.13 bits per heavy atom. The fraction of sp³-hybridized carbons (Fsp3) is 0.467. The lowest BCUT2D eigenvalue weighted by Crippen LogP contribution is -1.99. The van der Waals surface area contributed by atoms with E-state index >= 15 is 0 Å². The summed E-state index contributed by atoms with van der Waals surface area (Å²) in [6.07, 6.45) is 1.73. The second-order valence-electron chi connectivity index (χ2n) is 5.42. The van der Waals surface area contributed by atoms with Crippen molar-refractivity contribution in [1.29, 1.82) is 0 Å². The smallest absolute Gasteiger partial charge is 0.273 e. The molecule has 0 N–H and O–H groups in total. The molecule has 0 aliphatic heterocycles. The number of rotatable bonds is 8. The van der Waals surface area contributed by atoms with Gasteiger partial charge in [0.25, 0.3) is 11.6 Å². The first kappa shape index (κ1) is 16.7. The highest BCUT2D eigenvalue weighted by atomic mass is 16.6. The predicted octanol–water partition coefficient (Wildman–Crippen LogP) is 3.15. The topological polar surface area (TPSA) is 101 Å². The summed E-state index contributed by atoms with van der Waals surface area (Å²) in [5.41, 5.74) is -0.0667. The highest BCUT2D eigenvalue weighted by Crippen LogP contribution is 2.31. The summed E-state index contributed by atoms with van der Waals surface area (Å²) >= 11 is 0. The van der Waals surface area contributed by atoms with Crippen LogP contribution in [0.4, 0.5) is 5.69 Å². The Bertz CT molecular complexity index is 669. The number of aryl methyl sites for hydroxylation is 1. The van der Waals surface area contributed by atoms with Gasteiger partial charge in [-0.15, -0.1) is 0 Å². The Balaban J connectivity index is 1.99. The summed E-state index contributed by atoms with van der Waals surface area (Å²) in [7, 11) is 1.42. The van der Waals surface area contributed by atoms with E-state index < -0.39 is 4.92 Å². The van der Waals surface area contributed by atoms with Gasteiger partial charge in [0.2, 0.25) is 0 Å². The summed E-state index contributed by atoms with van der Waals surface area (Å²) in [5.74, 6) is 2.22. The molecule has 0 aliphatic carbocycles. The van der Waals surface area contributed by atoms with Crippen LogP contribution in [0.1, 0.15) is 32.0 Å². The summed E-state index contributed by atoms with van der Waals surface area (Å²) in [4.78, 5) is 14.5. The van der Waals surface area contributed by atoms with Gasteiger partial charge in [-0.25, -0.2) is 0 Å². The molecule has 23 heavy (non-hydrogen) atoms. The maximum atomic E-state index is 10.7. The van der Waals surface area contributed by atoms with Crippen LogP contribution in [0, 0.1) is 16.0 Å². The van der Waals surface area contributed by atoms with Gasteiger partial charge in [-0.1, -0.05) is 19.0 Å². The maximum Gasteiger partial charge on any atom is 0.273 e. The summed E-state index contributed by atoms with van der Waals surface area (Å²) in [6, 6.07) is 4.13. The standard InChI is InChI=1S/C15H19N3O5/c1-10(2)4-7-14-16-15(23-17-14)9-22-12-6-5-11(18(19)20)8-13(12)21-3/h5-6,8,10H,4,7,9H2,1-3H3. The lowest BCUT2D eigenvalue weighted by molar-refractivity contribution is -0.385. The van der Waals surface area contributed by atoms with Gasteiger partial charge < -0.3 is 14.0 Å². The maximum absolute atomic E-state index is 10.7. The molecule has 0 atom stereocenters. The molecule has 124 valence electrons. The first-order valence-electron chi connectivity index (χ1n) is 7.26. The summed E-state index contributed by atoms with van der Waals surface area (Å²) in [6.45, 7) is 4.33. The van der Waals surface area contributed by atoms with Crippen molar-refractivity contribution in [3.8, 4) is 11.5 Å². The van der Waals surface area contributed by atoms with Crippen molar-refractivity contribution in [2.24, 2.45) is 5.92 Å². The van der Waals surface area contributed by atoms with Gasteiger partial charge in [0.15, 0.2) is 23.9 Å². The van der Waals surface area contributed by atoms with E-state index in [0.29, 0.717) is 23.4 Å². The van der Waals surface area contributed by atoms with Crippen LogP contribution in [-0.4, -0.2) is 22.2 Å². The minimum atomic E-state index is -0.495. The Labute approximate surface area is 133 Å². The van der Waals surface area contributed by atoms with E-state index in [4.69, 9.17) is 14.0 Å². The normalized spacial score (nSPS) is 10.8. The van der Waals surface area contributed by atoms with Crippen molar-refractivity contribution in [2.75, 3.05) is 7.11 Å². The van der Waals surface area contributed by atoms with E-state index in [2.05, 4.69) is 24.0 Å². The molecule has 0 fully saturated rings. The second-order valence-corrected chi connectivity index (χ2v) is 5.42. The average molecular weight is 321 g/mol. The molecule has 0 saturated carbocycles. The molecule has 1 heterocycles. The van der Waals surface area contributed by atoms with E-state index in [9.17, 15) is 10.1 Å². The Morgan fingerprint density at radius 3 is 2.78 bits per heavy atom. The number of benzene rings is 1. The number of hydrogen-bond acceptors (Lipinski definition) is 7. The molecule has 0 spiro atoms. The SMILES string of the molecule is COc1cc([N+](=O)[O-])ccc1OCc1nc(CCC(C)C)no1. The third-order valence-electron chi connectivity index (χ3n) is 3.16. The van der Waals surface area contributed by atoms with Crippen LogP contribution in [0.25, 0.3) is 0 Å². The molecule has 1 aromatic heterocycles. The number of nitro benzene ring substituents is 1. The Kier molecular flexibility index (Phi) is 5.51. The zero-order valence-electron chi connectivity index (χ0n) is 13.3. The highest BCUT2D eigenvalue weighted by Gasteiger charge is 2.14. The van der Waals surface area contributed by atoms with E-state index in [1.54, 1.807) is 0 Å². The van der Waals surface area contributed by atoms with Crippen LogP contribution >= 0.6 is 0 Å². The van der Waals surface area contributed by atoms with Crippen LogP contribution in [0.3, 0.4) is 0 Å². The number of ether oxygens (including phenoxy) is 2. The molecule has 1 aromatic carbocycles. The molecule has 0 amide bonds. The summed E-state index contributed by atoms with van der Waals surface area (Å²) in [5, 5.41) is 14.6. The van der Waals surface area contributed by atoms with Gasteiger partial charge in [-0.3, -0.25) is 10.1 Å². The molecule has 8 heteroatoms. The molecule has 2 rings (SSSR count). The lowest BCUT2D eigenvalue weighted by Gasteiger charge is -2.08. The summed E-state index contributed by atoms with van der Waals surface area (Å²) < 4.78 is 15.8. The van der Waals surface area contributed by atoms with E-state index in [1.807, 2.05) is 0 Å². The predicted molar refractivity (Wildman–Crippen MR) is 81.4 cm³/mol. The highest BCUT2D eigenvalue weighted by molar-refractivity contribution is 5.48. The van der Waals surface area contributed by atoms with E-state index in [0.717, 1.165) is 12.8 Å². The number of methoxy groups -OCH3 is 1. The minimum Gasteiger partial charge on any atom is -0.493 e. The molecule has 0 bridgehead atoms. The van der Waals surface area contributed by atoms with Gasteiger partial charge in [0.05, 0.1) is 18.1 Å². The number of aromatic nitrogens is 2. The van der Waals surface area contributed by atoms with Crippen molar-refractivity contribution < 1.29 is 18.9 Å². The number of hydrogen-bond donors (Lipinski definition) is 0. The van der Waals surface area contributed by atoms with E-state index in [1.165, 1.54) is 25.3 Å². The number of non-ortho nitro benzene ring substituents is 1. The Morgan fingerprint density at radius 1 is 1.35 bits per heavy atom. The van der Waals surface area contributed by atoms with Crippen LogP contribution in [0.15, 0.2) is 22.7 Å². The first-order chi connectivity index (χ1) is 11.0. The second kappa shape index (κ2) is 7.57. The number of nitrogens with zero attached hydrogens (tertiary/aromatic N) is 3. The van der Waals surface area contributed by atoms with Crippen molar-refractivity contribution in [3.63, 3.8) is 0 Å². The van der Waals surface area contributed by atoms with Crippen molar-refractivity contribution in [3.05, 3.63) is 40.0 Å². The molecule has 0 unspecified atom stereocenters. The molecule has 0 aliphatic rings. The fourth-order valence-corrected chi connectivity index (χ4v) is 1.90. The van der Waals surface area contributed by atoms with Gasteiger partial charge in [-0.05, 0) is 18.4 Å². The molecule has 0 radical (unpaired) electrons. The van der Waals surface area contributed by atoms with Crippen LogP contribution in [0.2, 0.25) is 0 Å². The molecule has 8 nitrogen and oxygen atoms in total. The van der Waals surface area contributed by atoms with Crippen LogP contribution in [0.5, 0.6) is 11.5 Å². The quantitative estimate of drug-likeness (QED) is 0.543. The van der Waals surface area contributed by atoms with Crippen molar-refractivity contribution in [1.82, 2.24) is 10.1 Å². The van der Waals surface area contributed by atoms with Crippen molar-refractivity contribution in [2.45, 2.75) is 33.3 Å². The van der Waals surface area contributed by atoms with Gasteiger partial charge in [0, 0.05) is 12.5 Å². The molecule has 2 aromatic rings. The fourth-order valence-electron chi connectivity index (χ4n) is 1.90. The largest absolute Gasteiger partial charge is 0.493 e. The van der Waals surface area contributed by atoms with Gasteiger partial charge in [-0.2, -0.15) is 4.98 Å². The zero-order chi connectivity index (χ0) is 16.8. The molecular weight excluding hydrogens is 302 g/mol. The third-order valence-corrected chi connectivity index (χ3v) is 3.16. The van der Waals surface area contributed by atoms with Gasteiger partial charge in [0.1, 0.15) is 0 Å². The lowest BCUT2D eigenvalue weighted by atomic mass is 10.1. The Hall–Kier alpha value is -2.64. The zero-order valence-corrected chi connectivity index (χ0v) is 13.3. The molecule has 0 saturated heterocycles. The van der Waals surface area contributed by atoms with Crippen LogP contribution in [-0.2, 0) is 13.0 Å². The van der Waals surface area contributed by atoms with E-state index in [-0.39, 0.29) is 18.0 Å². The minimum absolute atomic E-state index is 0.0667.